The number of furan rings is 1. The standard InChI is InChI=1S/C23H22NO.C14H16GeN.Ir/c1-15-14-24-20(12-16(15)13-23(2,3)4)19-10-7-9-18-17-8-5-6-11-21(17)25-22(18)19;1-15(2,3)13-9-10-14(16-11-13)12-7-5-4-6-8-12;/h5-9,11-12,14H,13H2,1-4H3;4-7,9-11H,1-3H3;/q2*-1;/i1D3,13D2;;. The summed E-state index contributed by atoms with van der Waals surface area (Å²) in [6.07, 6.45) is 1.41. The Morgan fingerprint density at radius 3 is 2.29 bits per heavy atom. The van der Waals surface area contributed by atoms with Crippen LogP contribution in [0.1, 0.15) is 38.8 Å². The number of hydrogen-bond donors (Lipinski definition) is 0. The van der Waals surface area contributed by atoms with Gasteiger partial charge in [-0.2, -0.15) is 0 Å². The first kappa shape index (κ1) is 25.5. The Labute approximate surface area is 273 Å². The van der Waals surface area contributed by atoms with E-state index < -0.39 is 31.9 Å². The summed E-state index contributed by atoms with van der Waals surface area (Å²) in [6.45, 7) is 2.78. The van der Waals surface area contributed by atoms with Crippen molar-refractivity contribution in [3.63, 3.8) is 0 Å². The van der Waals surface area contributed by atoms with Crippen LogP contribution in [0.3, 0.4) is 0 Å². The molecule has 0 saturated carbocycles. The van der Waals surface area contributed by atoms with Gasteiger partial charge < -0.3 is 9.40 Å². The van der Waals surface area contributed by atoms with Crippen LogP contribution in [0.15, 0.2) is 95.7 Å². The van der Waals surface area contributed by atoms with Crippen LogP contribution in [0.4, 0.5) is 0 Å². The zero-order chi connectivity index (χ0) is 33.5. The van der Waals surface area contributed by atoms with Crippen molar-refractivity contribution in [3.8, 4) is 22.5 Å². The smallest absolute Gasteiger partial charge is 0 e. The van der Waals surface area contributed by atoms with Gasteiger partial charge in [-0.1, -0.05) is 61.5 Å². The van der Waals surface area contributed by atoms with E-state index in [9.17, 15) is 0 Å². The molecule has 0 fully saturated rings. The molecule has 0 aliphatic carbocycles. The zero-order valence-electron chi connectivity index (χ0n) is 29.8. The number of rotatable bonds is 4. The maximum atomic E-state index is 8.70. The van der Waals surface area contributed by atoms with Gasteiger partial charge in [-0.25, -0.2) is 0 Å². The van der Waals surface area contributed by atoms with Crippen LogP contribution in [0, 0.1) is 24.4 Å². The van der Waals surface area contributed by atoms with Gasteiger partial charge in [0.2, 0.25) is 0 Å². The third kappa shape index (κ3) is 7.47. The van der Waals surface area contributed by atoms with E-state index >= 15 is 0 Å². The second-order valence-electron chi connectivity index (χ2n) is 12.1. The average Bonchev–Trinajstić information content (AvgIpc) is 3.39. The molecule has 42 heavy (non-hydrogen) atoms. The Morgan fingerprint density at radius 2 is 1.62 bits per heavy atom. The quantitative estimate of drug-likeness (QED) is 0.132. The maximum Gasteiger partial charge on any atom is 0 e. The van der Waals surface area contributed by atoms with Gasteiger partial charge in [0.05, 0.1) is 5.58 Å². The van der Waals surface area contributed by atoms with Crippen LogP contribution in [0.5, 0.6) is 0 Å². The number of aromatic nitrogens is 2. The van der Waals surface area contributed by atoms with Gasteiger partial charge in [0.15, 0.2) is 0 Å². The van der Waals surface area contributed by atoms with Crippen molar-refractivity contribution in [2.75, 3.05) is 0 Å². The number of pyridine rings is 2. The summed E-state index contributed by atoms with van der Waals surface area (Å²) < 4.78 is 48.5. The second-order valence-corrected chi connectivity index (χ2v) is 22.8. The minimum absolute atomic E-state index is 0. The fraction of sp³-hybridized carbons (Fsp3) is 0.243. The molecular weight excluding hydrogens is 753 g/mol. The Morgan fingerprint density at radius 1 is 0.857 bits per heavy atom. The predicted octanol–water partition coefficient (Wildman–Crippen LogP) is 9.44. The molecule has 3 heterocycles. The Bertz CT molecular complexity index is 1980. The van der Waals surface area contributed by atoms with Crippen molar-refractivity contribution in [1.29, 1.82) is 0 Å². The average molecular weight is 797 g/mol. The third-order valence-corrected chi connectivity index (χ3v) is 10.9. The van der Waals surface area contributed by atoms with Gasteiger partial charge in [0.25, 0.3) is 0 Å². The van der Waals surface area contributed by atoms with Gasteiger partial charge in [-0.15, -0.1) is 18.2 Å². The van der Waals surface area contributed by atoms with Crippen LogP contribution < -0.4 is 4.40 Å². The van der Waals surface area contributed by atoms with Crippen LogP contribution in [-0.4, -0.2) is 23.2 Å². The summed E-state index contributed by atoms with van der Waals surface area (Å²) in [4.78, 5) is 8.91. The van der Waals surface area contributed by atoms with Gasteiger partial charge in [0, 0.05) is 38.5 Å². The summed E-state index contributed by atoms with van der Waals surface area (Å²) in [6, 6.07) is 31.5. The fourth-order valence-electron chi connectivity index (χ4n) is 4.53. The predicted molar refractivity (Wildman–Crippen MR) is 175 cm³/mol. The van der Waals surface area contributed by atoms with Gasteiger partial charge >= 0.3 is 99.8 Å². The normalized spacial score (nSPS) is 14.0. The first-order valence-electron chi connectivity index (χ1n) is 16.3. The van der Waals surface area contributed by atoms with Crippen molar-refractivity contribution < 1.29 is 31.4 Å². The molecule has 6 aromatic rings. The molecule has 0 amide bonds. The van der Waals surface area contributed by atoms with Crippen LogP contribution in [-0.2, 0) is 26.5 Å². The van der Waals surface area contributed by atoms with E-state index in [4.69, 9.17) is 11.3 Å². The molecule has 0 spiro atoms. The van der Waals surface area contributed by atoms with E-state index in [2.05, 4.69) is 51.5 Å². The number of benzene rings is 3. The number of nitrogens with zero attached hydrogens (tertiary/aromatic N) is 2. The molecule has 0 unspecified atom stereocenters. The Kier molecular flexibility index (Phi) is 7.92. The molecule has 1 radical (unpaired) electrons. The molecule has 5 heteroatoms. The van der Waals surface area contributed by atoms with Crippen molar-refractivity contribution in [1.82, 2.24) is 9.97 Å². The van der Waals surface area contributed by atoms with E-state index in [-0.39, 0.29) is 31.2 Å². The van der Waals surface area contributed by atoms with E-state index in [0.717, 1.165) is 27.6 Å². The number of hydrogen-bond acceptors (Lipinski definition) is 3. The van der Waals surface area contributed by atoms with Crippen molar-refractivity contribution in [2.45, 2.75) is 51.3 Å². The maximum absolute atomic E-state index is 8.70. The van der Waals surface area contributed by atoms with E-state index in [0.29, 0.717) is 16.8 Å². The van der Waals surface area contributed by atoms with Crippen LogP contribution in [0.25, 0.3) is 44.5 Å². The number of fused-ring (bicyclic) bond motifs is 3. The largest absolute Gasteiger partial charge is 0 e. The summed E-state index contributed by atoms with van der Waals surface area (Å²) in [5.41, 5.74) is 3.62. The Hall–Kier alpha value is -3.05. The molecule has 0 aliphatic heterocycles. The van der Waals surface area contributed by atoms with E-state index in [1.165, 1.54) is 16.7 Å². The first-order valence-corrected chi connectivity index (χ1v) is 21.1. The second kappa shape index (κ2) is 13.1. The molecule has 0 saturated heterocycles. The zero-order valence-corrected chi connectivity index (χ0v) is 29.3. The fourth-order valence-corrected chi connectivity index (χ4v) is 6.70. The topological polar surface area (TPSA) is 38.9 Å². The summed E-state index contributed by atoms with van der Waals surface area (Å²) >= 11 is -1.72. The first-order chi connectivity index (χ1) is 21.5. The summed E-state index contributed by atoms with van der Waals surface area (Å²) in [5.74, 6) is 7.14. The van der Waals surface area contributed by atoms with E-state index in [1.54, 1.807) is 26.8 Å². The summed E-state index contributed by atoms with van der Waals surface area (Å²) in [5, 5.41) is 1.87. The Balaban J connectivity index is 0.000000249. The van der Waals surface area contributed by atoms with Crippen molar-refractivity contribution in [2.24, 2.45) is 5.41 Å². The molecule has 0 N–H and O–H groups in total. The monoisotopic (exact) mass is 798 g/mol. The SMILES string of the molecule is [2H]C([2H])([2H])c1cnc(-c2[c-]ccc3c2oc2ccccc23)cc1C([2H])([2H])C(C)(C)C.[CH3][Ge]([CH3])([CH3])[c]1ccc(-c2[c-]cccc2)nc1.[Ir]. The van der Waals surface area contributed by atoms with Gasteiger partial charge in [0.1, 0.15) is 5.58 Å². The molecule has 0 atom stereocenters. The van der Waals surface area contributed by atoms with Gasteiger partial charge in [-0.05, 0) is 36.0 Å². The van der Waals surface area contributed by atoms with Crippen molar-refractivity contribution in [3.05, 3.63) is 115 Å². The molecule has 0 bridgehead atoms. The van der Waals surface area contributed by atoms with Crippen LogP contribution >= 0.6 is 0 Å². The minimum Gasteiger partial charge on any atom is 0 e. The number of para-hydroxylation sites is 1. The van der Waals surface area contributed by atoms with E-state index in [1.807, 2.05) is 60.8 Å². The van der Waals surface area contributed by atoms with Crippen molar-refractivity contribution >= 4 is 39.6 Å². The summed E-state index contributed by atoms with van der Waals surface area (Å²) in [7, 11) is 0. The molecule has 3 aromatic heterocycles. The molecular formula is C37H38GeIrN2O-2. The molecule has 3 nitrogen and oxygen atoms in total. The molecule has 0 aliphatic rings. The molecule has 217 valence electrons. The molecule has 6 rings (SSSR count). The third-order valence-electron chi connectivity index (χ3n) is 6.62. The number of aryl methyl sites for hydroxylation is 1. The molecule has 3 aromatic carbocycles. The van der Waals surface area contributed by atoms with Gasteiger partial charge in [-0.3, -0.25) is 0 Å². The minimum atomic E-state index is -2.48. The van der Waals surface area contributed by atoms with Crippen LogP contribution in [0.2, 0.25) is 17.3 Å².